The molecule has 0 aliphatic carbocycles. The molecule has 1 aromatic heterocycles. The zero-order chi connectivity index (χ0) is 18.5. The number of ether oxygens (including phenoxy) is 2. The van der Waals surface area contributed by atoms with Crippen LogP contribution in [0.3, 0.4) is 0 Å². The normalized spacial score (nSPS) is 10.7. The number of rotatable bonds is 6. The van der Waals surface area contributed by atoms with Crippen molar-refractivity contribution in [3.8, 4) is 5.75 Å². The molecular weight excluding hydrogens is 332 g/mol. The van der Waals surface area contributed by atoms with E-state index in [1.165, 1.54) is 0 Å². The first kappa shape index (κ1) is 17.7. The quantitative estimate of drug-likeness (QED) is 0.499. The summed E-state index contributed by atoms with van der Waals surface area (Å²) < 4.78 is 15.8. The molecular formula is C21H20O5. The summed E-state index contributed by atoms with van der Waals surface area (Å²) in [5.74, 6) is 0.278. The van der Waals surface area contributed by atoms with Crippen LogP contribution < -0.4 is 10.4 Å². The van der Waals surface area contributed by atoms with Gasteiger partial charge in [-0.2, -0.15) is 0 Å². The highest BCUT2D eigenvalue weighted by Gasteiger charge is 2.14. The van der Waals surface area contributed by atoms with Crippen molar-refractivity contribution >= 4 is 16.9 Å². The van der Waals surface area contributed by atoms with Crippen molar-refractivity contribution in [2.24, 2.45) is 0 Å². The van der Waals surface area contributed by atoms with Gasteiger partial charge in [-0.05, 0) is 36.6 Å². The summed E-state index contributed by atoms with van der Waals surface area (Å²) in [7, 11) is 1.56. The molecule has 2 aromatic carbocycles. The van der Waals surface area contributed by atoms with Crippen molar-refractivity contribution in [1.82, 2.24) is 0 Å². The number of hydrogen-bond donors (Lipinski definition) is 0. The molecule has 0 fully saturated rings. The Kier molecular flexibility index (Phi) is 5.37. The lowest BCUT2D eigenvalue weighted by Gasteiger charge is -2.09. The first-order valence-corrected chi connectivity index (χ1v) is 8.38. The molecule has 5 nitrogen and oxygen atoms in total. The van der Waals surface area contributed by atoms with Crippen LogP contribution in [0.15, 0.2) is 57.7 Å². The lowest BCUT2D eigenvalue weighted by atomic mass is 10.0. The Balaban J connectivity index is 1.70. The van der Waals surface area contributed by atoms with E-state index in [1.807, 2.05) is 49.4 Å². The van der Waals surface area contributed by atoms with Crippen molar-refractivity contribution in [3.05, 3.63) is 75.6 Å². The van der Waals surface area contributed by atoms with Gasteiger partial charge in [0.25, 0.3) is 0 Å². The van der Waals surface area contributed by atoms with Gasteiger partial charge < -0.3 is 13.9 Å². The molecule has 0 radical (unpaired) electrons. The second kappa shape index (κ2) is 7.87. The topological polar surface area (TPSA) is 65.7 Å². The zero-order valence-corrected chi connectivity index (χ0v) is 14.8. The minimum Gasteiger partial charge on any atom is -0.497 e. The molecule has 0 amide bonds. The number of aryl methyl sites for hydroxylation is 1. The molecule has 0 aliphatic rings. The Bertz CT molecular complexity index is 973. The van der Waals surface area contributed by atoms with Crippen LogP contribution in [0.1, 0.15) is 23.1 Å². The van der Waals surface area contributed by atoms with Crippen molar-refractivity contribution in [2.75, 3.05) is 7.11 Å². The van der Waals surface area contributed by atoms with E-state index in [0.717, 1.165) is 16.5 Å². The van der Waals surface area contributed by atoms with E-state index >= 15 is 0 Å². The van der Waals surface area contributed by atoms with Gasteiger partial charge in [-0.25, -0.2) is 4.79 Å². The zero-order valence-electron chi connectivity index (χ0n) is 14.8. The van der Waals surface area contributed by atoms with Gasteiger partial charge in [0.15, 0.2) is 0 Å². The number of esters is 1. The van der Waals surface area contributed by atoms with Crippen LogP contribution in [0.5, 0.6) is 5.75 Å². The van der Waals surface area contributed by atoms with E-state index in [1.54, 1.807) is 13.2 Å². The molecule has 3 aromatic rings. The molecule has 5 heteroatoms. The number of hydrogen-bond acceptors (Lipinski definition) is 5. The molecule has 0 unspecified atom stereocenters. The van der Waals surface area contributed by atoms with Crippen LogP contribution in [-0.2, 0) is 22.6 Å². The Morgan fingerprint density at radius 3 is 2.62 bits per heavy atom. The Morgan fingerprint density at radius 2 is 1.88 bits per heavy atom. The number of benzene rings is 2. The van der Waals surface area contributed by atoms with Gasteiger partial charge in [0.2, 0.25) is 0 Å². The lowest BCUT2D eigenvalue weighted by Crippen LogP contribution is -2.13. The Hall–Kier alpha value is -3.08. The van der Waals surface area contributed by atoms with Gasteiger partial charge in [-0.15, -0.1) is 0 Å². The molecule has 134 valence electrons. The third-order valence-corrected chi connectivity index (χ3v) is 4.32. The maximum Gasteiger partial charge on any atom is 0.339 e. The molecule has 0 N–H and O–H groups in total. The minimum atomic E-state index is -0.431. The van der Waals surface area contributed by atoms with E-state index in [2.05, 4.69) is 0 Å². The molecule has 1 heterocycles. The van der Waals surface area contributed by atoms with Crippen molar-refractivity contribution in [3.63, 3.8) is 0 Å². The molecule has 26 heavy (non-hydrogen) atoms. The van der Waals surface area contributed by atoms with Crippen molar-refractivity contribution < 1.29 is 18.7 Å². The predicted octanol–water partition coefficient (Wildman–Crippen LogP) is 3.79. The number of methoxy groups -OCH3 is 1. The van der Waals surface area contributed by atoms with Crippen LogP contribution in [0.25, 0.3) is 11.0 Å². The molecule has 0 aliphatic heterocycles. The third kappa shape index (κ3) is 3.94. The summed E-state index contributed by atoms with van der Waals surface area (Å²) in [6.45, 7) is 2.08. The second-order valence-corrected chi connectivity index (χ2v) is 6.00. The number of carbonyl (C=O) groups excluding carboxylic acids is 1. The molecule has 0 atom stereocenters. The highest BCUT2D eigenvalue weighted by molar-refractivity contribution is 5.82. The minimum absolute atomic E-state index is 0.125. The highest BCUT2D eigenvalue weighted by atomic mass is 16.5. The van der Waals surface area contributed by atoms with Gasteiger partial charge in [0, 0.05) is 23.4 Å². The summed E-state index contributed by atoms with van der Waals surface area (Å²) in [5.41, 5.74) is 2.28. The first-order valence-electron chi connectivity index (χ1n) is 8.38. The fraction of sp³-hybridized carbons (Fsp3) is 0.238. The lowest BCUT2D eigenvalue weighted by molar-refractivity contribution is -0.144. The average molecular weight is 352 g/mol. The van der Waals surface area contributed by atoms with E-state index in [9.17, 15) is 9.59 Å². The van der Waals surface area contributed by atoms with Gasteiger partial charge >= 0.3 is 11.6 Å². The van der Waals surface area contributed by atoms with E-state index in [0.29, 0.717) is 16.9 Å². The van der Waals surface area contributed by atoms with Crippen LogP contribution >= 0.6 is 0 Å². The van der Waals surface area contributed by atoms with Gasteiger partial charge in [-0.1, -0.05) is 30.3 Å². The number of carbonyl (C=O) groups is 1. The standard InChI is InChI=1S/C21H20O5/c1-14-17-9-8-16(24-2)12-19(17)26-21(23)18(14)10-11-20(22)25-13-15-6-4-3-5-7-15/h3-9,12H,10-11,13H2,1-2H3. The average Bonchev–Trinajstić information content (AvgIpc) is 2.66. The summed E-state index contributed by atoms with van der Waals surface area (Å²) in [5, 5.41) is 0.832. The van der Waals surface area contributed by atoms with Gasteiger partial charge in [-0.3, -0.25) is 4.79 Å². The summed E-state index contributed by atoms with van der Waals surface area (Å²) in [4.78, 5) is 24.3. The largest absolute Gasteiger partial charge is 0.497 e. The summed E-state index contributed by atoms with van der Waals surface area (Å²) in [6.07, 6.45) is 0.407. The molecule has 0 saturated carbocycles. The summed E-state index contributed by atoms with van der Waals surface area (Å²) in [6, 6.07) is 14.8. The molecule has 0 saturated heterocycles. The maximum atomic E-state index is 12.3. The monoisotopic (exact) mass is 352 g/mol. The fourth-order valence-electron chi connectivity index (χ4n) is 2.83. The fourth-order valence-corrected chi connectivity index (χ4v) is 2.83. The number of fused-ring (bicyclic) bond motifs is 1. The van der Waals surface area contributed by atoms with Crippen LogP contribution in [0.2, 0.25) is 0 Å². The molecule has 0 bridgehead atoms. The predicted molar refractivity (Wildman–Crippen MR) is 98.3 cm³/mol. The maximum absolute atomic E-state index is 12.3. The van der Waals surface area contributed by atoms with E-state index < -0.39 is 5.63 Å². The third-order valence-electron chi connectivity index (χ3n) is 4.32. The first-order chi connectivity index (χ1) is 12.6. The van der Waals surface area contributed by atoms with Crippen LogP contribution in [0, 0.1) is 6.92 Å². The highest BCUT2D eigenvalue weighted by Crippen LogP contribution is 2.24. The SMILES string of the molecule is COc1ccc2c(C)c(CCC(=O)OCc3ccccc3)c(=O)oc2c1. The van der Waals surface area contributed by atoms with E-state index in [4.69, 9.17) is 13.9 Å². The van der Waals surface area contributed by atoms with Gasteiger partial charge in [0.1, 0.15) is 17.9 Å². The molecule has 3 rings (SSSR count). The second-order valence-electron chi connectivity index (χ2n) is 6.00. The smallest absolute Gasteiger partial charge is 0.339 e. The van der Waals surface area contributed by atoms with Crippen molar-refractivity contribution in [1.29, 1.82) is 0 Å². The van der Waals surface area contributed by atoms with Crippen LogP contribution in [-0.4, -0.2) is 13.1 Å². The van der Waals surface area contributed by atoms with Crippen molar-refractivity contribution in [2.45, 2.75) is 26.4 Å². The molecule has 0 spiro atoms. The van der Waals surface area contributed by atoms with Gasteiger partial charge in [0.05, 0.1) is 7.11 Å². The Labute approximate surface area is 151 Å². The van der Waals surface area contributed by atoms with Crippen LogP contribution in [0.4, 0.5) is 0 Å². The Morgan fingerprint density at radius 1 is 1.12 bits per heavy atom. The van der Waals surface area contributed by atoms with E-state index in [-0.39, 0.29) is 25.4 Å². The summed E-state index contributed by atoms with van der Waals surface area (Å²) >= 11 is 0.